The van der Waals surface area contributed by atoms with Crippen LogP contribution in [-0.2, 0) is 13.6 Å². The van der Waals surface area contributed by atoms with E-state index in [4.69, 9.17) is 0 Å². The van der Waals surface area contributed by atoms with E-state index >= 15 is 0 Å². The molecule has 0 unspecified atom stereocenters. The van der Waals surface area contributed by atoms with Gasteiger partial charge in [-0.15, -0.1) is 0 Å². The summed E-state index contributed by atoms with van der Waals surface area (Å²) in [4.78, 5) is 0. The molecule has 0 amide bonds. The van der Waals surface area contributed by atoms with Crippen molar-refractivity contribution in [2.75, 3.05) is 0 Å². The summed E-state index contributed by atoms with van der Waals surface area (Å²) < 4.78 is 167. The highest BCUT2D eigenvalue weighted by Crippen LogP contribution is 2.66. The highest BCUT2D eigenvalue weighted by molar-refractivity contribution is 7.81. The molecule has 152 valence electrons. The summed E-state index contributed by atoms with van der Waals surface area (Å²) in [6.07, 6.45) is -25.9. The maximum atomic E-state index is 12.5. The van der Waals surface area contributed by atoms with Gasteiger partial charge in [0.2, 0.25) is 0 Å². The first-order valence-electron chi connectivity index (χ1n) is 5.39. The Morgan fingerprint density at radius 2 is 0.760 bits per heavy atom. The van der Waals surface area contributed by atoms with Gasteiger partial charge in [0.15, 0.2) is 0 Å². The standard InChI is InChI=1S/C8H6ClF12O3P/c1-3(5(10,11)12,6(13,14)15)23-25(9,22)24-4(2,7(16,17)18)8(19,20)21/h1-2H3. The predicted molar refractivity (Wildman–Crippen MR) is 56.7 cm³/mol. The van der Waals surface area contributed by atoms with Crippen LogP contribution in [0.15, 0.2) is 0 Å². The molecule has 0 aliphatic rings. The molecule has 25 heavy (non-hydrogen) atoms. The van der Waals surface area contributed by atoms with E-state index in [2.05, 4.69) is 20.3 Å². The second-order valence-electron chi connectivity index (χ2n) is 4.67. The summed E-state index contributed by atoms with van der Waals surface area (Å²) in [5.74, 6) is 0. The molecule has 0 spiro atoms. The fourth-order valence-corrected chi connectivity index (χ4v) is 3.13. The van der Waals surface area contributed by atoms with Gasteiger partial charge in [0.05, 0.1) is 0 Å². The minimum atomic E-state index is -6.73. The number of rotatable bonds is 4. The summed E-state index contributed by atoms with van der Waals surface area (Å²) in [6.45, 7) is -8.42. The number of hydrogen-bond acceptors (Lipinski definition) is 3. The van der Waals surface area contributed by atoms with Gasteiger partial charge in [-0.1, -0.05) is 0 Å². The van der Waals surface area contributed by atoms with Crippen molar-refractivity contribution < 1.29 is 66.3 Å². The Labute approximate surface area is 135 Å². The van der Waals surface area contributed by atoms with E-state index in [0.717, 1.165) is 0 Å². The number of halogens is 13. The molecule has 0 aliphatic heterocycles. The summed E-state index contributed by atoms with van der Waals surface area (Å²) >= 11 is 4.44. The van der Waals surface area contributed by atoms with Crippen LogP contribution in [0.3, 0.4) is 0 Å². The van der Waals surface area contributed by atoms with Gasteiger partial charge < -0.3 is 0 Å². The topological polar surface area (TPSA) is 35.5 Å². The summed E-state index contributed by atoms with van der Waals surface area (Å²) in [5.41, 5.74) is -11.0. The van der Waals surface area contributed by atoms with E-state index in [1.54, 1.807) is 0 Å². The molecule has 3 nitrogen and oxygen atoms in total. The molecule has 0 atom stereocenters. The molecular weight excluding hydrogens is 438 g/mol. The lowest BCUT2D eigenvalue weighted by Crippen LogP contribution is -2.58. The van der Waals surface area contributed by atoms with Gasteiger partial charge in [-0.3, -0.25) is 9.05 Å². The zero-order valence-electron chi connectivity index (χ0n) is 11.6. The smallest absolute Gasteiger partial charge is 0.271 e. The van der Waals surface area contributed by atoms with Crippen LogP contribution in [0.1, 0.15) is 13.8 Å². The van der Waals surface area contributed by atoms with Crippen LogP contribution in [0.4, 0.5) is 52.7 Å². The van der Waals surface area contributed by atoms with E-state index in [0.29, 0.717) is 0 Å². The second-order valence-corrected chi connectivity index (χ2v) is 7.14. The molecule has 0 aromatic rings. The van der Waals surface area contributed by atoms with Crippen LogP contribution in [0.5, 0.6) is 0 Å². The Hall–Kier alpha value is -0.400. The summed E-state index contributed by atoms with van der Waals surface area (Å²) in [7, 11) is 0. The highest BCUT2D eigenvalue weighted by atomic mass is 35.7. The van der Waals surface area contributed by atoms with E-state index in [9.17, 15) is 57.3 Å². The molecule has 0 N–H and O–H groups in total. The Morgan fingerprint density at radius 3 is 0.880 bits per heavy atom. The third-order valence-corrected chi connectivity index (χ3v) is 4.33. The van der Waals surface area contributed by atoms with Crippen LogP contribution in [0, 0.1) is 0 Å². The first-order chi connectivity index (χ1) is 10.4. The minimum absolute atomic E-state index is 0.843. The van der Waals surface area contributed by atoms with Crippen LogP contribution in [0.25, 0.3) is 0 Å². The Morgan fingerprint density at radius 1 is 0.600 bits per heavy atom. The van der Waals surface area contributed by atoms with Crippen LogP contribution in [0.2, 0.25) is 0 Å². The van der Waals surface area contributed by atoms with Gasteiger partial charge in [0.1, 0.15) is 0 Å². The van der Waals surface area contributed by atoms with Crippen molar-refractivity contribution in [1.82, 2.24) is 0 Å². The lowest BCUT2D eigenvalue weighted by molar-refractivity contribution is -0.365. The van der Waals surface area contributed by atoms with E-state index in [1.807, 2.05) is 0 Å². The average molecular weight is 445 g/mol. The SMILES string of the molecule is CC(OP(=O)(Cl)OC(C)(C(F)(F)F)C(F)(F)F)(C(F)(F)F)C(F)(F)F. The van der Waals surface area contributed by atoms with Crippen molar-refractivity contribution in [3.8, 4) is 0 Å². The fourth-order valence-electron chi connectivity index (χ4n) is 0.983. The summed E-state index contributed by atoms with van der Waals surface area (Å²) in [5, 5.41) is 0. The van der Waals surface area contributed by atoms with Gasteiger partial charge in [0.25, 0.3) is 11.2 Å². The average Bonchev–Trinajstić information content (AvgIpc) is 2.20. The lowest BCUT2D eigenvalue weighted by atomic mass is 10.1. The van der Waals surface area contributed by atoms with Crippen molar-refractivity contribution in [1.29, 1.82) is 0 Å². The molecule has 0 heterocycles. The molecule has 17 heteroatoms. The maximum absolute atomic E-state index is 12.5. The number of alkyl halides is 12. The summed E-state index contributed by atoms with van der Waals surface area (Å²) in [6, 6.07) is 0. The van der Waals surface area contributed by atoms with Crippen molar-refractivity contribution in [2.24, 2.45) is 0 Å². The molecule has 0 aromatic heterocycles. The third kappa shape index (κ3) is 4.86. The van der Waals surface area contributed by atoms with Crippen LogP contribution >= 0.6 is 18.2 Å². The largest absolute Gasteiger partial charge is 0.426 e. The quantitative estimate of drug-likeness (QED) is 0.386. The van der Waals surface area contributed by atoms with E-state index in [-0.39, 0.29) is 0 Å². The van der Waals surface area contributed by atoms with Crippen LogP contribution in [-0.4, -0.2) is 35.9 Å². The molecule has 0 radical (unpaired) electrons. The van der Waals surface area contributed by atoms with E-state index < -0.39 is 56.7 Å². The molecule has 0 rings (SSSR count). The molecule has 0 aliphatic carbocycles. The fraction of sp³-hybridized carbons (Fsp3) is 1.00. The van der Waals surface area contributed by atoms with Crippen molar-refractivity contribution >= 4 is 18.2 Å². The first-order valence-corrected chi connectivity index (χ1v) is 7.84. The third-order valence-electron chi connectivity index (χ3n) is 2.75. The zero-order chi connectivity index (χ0) is 20.9. The number of hydrogen-bond donors (Lipinski definition) is 0. The maximum Gasteiger partial charge on any atom is 0.426 e. The van der Waals surface area contributed by atoms with Gasteiger partial charge >= 0.3 is 31.7 Å². The highest BCUT2D eigenvalue weighted by Gasteiger charge is 2.75. The van der Waals surface area contributed by atoms with Crippen LogP contribution < -0.4 is 0 Å². The van der Waals surface area contributed by atoms with Crippen molar-refractivity contribution in [3.63, 3.8) is 0 Å². The monoisotopic (exact) mass is 444 g/mol. The van der Waals surface area contributed by atoms with Gasteiger partial charge in [-0.05, 0) is 13.8 Å². The Balaban J connectivity index is 6.06. The Kier molecular flexibility index (Phi) is 6.24. The molecule has 0 fully saturated rings. The predicted octanol–water partition coefficient (Wildman–Crippen LogP) is 6.13. The lowest BCUT2D eigenvalue weighted by Gasteiger charge is -2.38. The molecule has 0 aromatic carbocycles. The van der Waals surface area contributed by atoms with Gasteiger partial charge in [-0.25, -0.2) is 4.57 Å². The zero-order valence-corrected chi connectivity index (χ0v) is 13.2. The van der Waals surface area contributed by atoms with Gasteiger partial charge in [0, 0.05) is 11.2 Å². The first kappa shape index (κ1) is 24.6. The minimum Gasteiger partial charge on any atom is -0.271 e. The molecule has 0 bridgehead atoms. The van der Waals surface area contributed by atoms with E-state index in [1.165, 1.54) is 0 Å². The second kappa shape index (κ2) is 6.34. The Bertz CT molecular complexity index is 460. The molecule has 0 saturated heterocycles. The van der Waals surface area contributed by atoms with Crippen molar-refractivity contribution in [3.05, 3.63) is 0 Å². The van der Waals surface area contributed by atoms with Gasteiger partial charge in [-0.2, -0.15) is 52.7 Å². The molecule has 0 saturated carbocycles. The van der Waals surface area contributed by atoms with Crippen molar-refractivity contribution in [2.45, 2.75) is 49.8 Å². The molecular formula is C8H6ClF12O3P. The normalized spacial score (nSPS) is 16.3.